The van der Waals surface area contributed by atoms with E-state index >= 15 is 0 Å². The maximum atomic E-state index is 13.2. The van der Waals surface area contributed by atoms with Gasteiger partial charge in [-0.2, -0.15) is 4.98 Å². The molecule has 0 N–H and O–H groups in total. The van der Waals surface area contributed by atoms with Gasteiger partial charge in [0, 0.05) is 11.1 Å². The molecule has 2 heterocycles. The second kappa shape index (κ2) is 5.89. The number of carbonyl (C=O) groups is 1. The zero-order valence-corrected chi connectivity index (χ0v) is 15.2. The average Bonchev–Trinajstić information content (AvgIpc) is 3.11. The minimum Gasteiger partial charge on any atom is -0.339 e. The monoisotopic (exact) mass is 383 g/mol. The Bertz CT molecular complexity index is 1070. The molecule has 1 unspecified atom stereocenters. The smallest absolute Gasteiger partial charge is 0.254 e. The van der Waals surface area contributed by atoms with Crippen LogP contribution in [0.5, 0.6) is 0 Å². The fourth-order valence-corrected chi connectivity index (χ4v) is 3.71. The highest BCUT2D eigenvalue weighted by Gasteiger charge is 2.43. The van der Waals surface area contributed by atoms with Crippen molar-refractivity contribution in [3.8, 4) is 11.4 Å². The highest BCUT2D eigenvalue weighted by molar-refractivity contribution is 6.36. The third kappa shape index (κ3) is 2.55. The Hall–Kier alpha value is -2.73. The molecule has 3 atom stereocenters. The zero-order valence-electron chi connectivity index (χ0n) is 14.4. The molecule has 2 aliphatic rings. The second-order valence-electron chi connectivity index (χ2n) is 6.91. The Balaban J connectivity index is 1.57. The van der Waals surface area contributed by atoms with Gasteiger partial charge >= 0.3 is 0 Å². The number of rotatable bonds is 3. The predicted octanol–water partition coefficient (Wildman–Crippen LogP) is 4.83. The van der Waals surface area contributed by atoms with Crippen LogP contribution < -0.4 is 4.90 Å². The quantitative estimate of drug-likeness (QED) is 0.608. The molecule has 3 aromatic rings. The van der Waals surface area contributed by atoms with E-state index in [1.165, 1.54) is 0 Å². The van der Waals surface area contributed by atoms with Crippen molar-refractivity contribution in [3.05, 3.63) is 59.5 Å². The lowest BCUT2D eigenvalue weighted by molar-refractivity contribution is -0.117. The first kappa shape index (κ1) is 16.4. The van der Waals surface area contributed by atoms with E-state index in [0.717, 1.165) is 16.8 Å². The van der Waals surface area contributed by atoms with Crippen molar-refractivity contribution in [1.29, 1.82) is 0 Å². The van der Waals surface area contributed by atoms with E-state index in [1.54, 1.807) is 4.90 Å². The van der Waals surface area contributed by atoms with Gasteiger partial charge in [-0.1, -0.05) is 35.5 Å². The summed E-state index contributed by atoms with van der Waals surface area (Å²) in [5.74, 6) is 0.223. The van der Waals surface area contributed by atoms with Crippen molar-refractivity contribution in [2.75, 3.05) is 4.90 Å². The third-order valence-electron chi connectivity index (χ3n) is 5.07. The van der Waals surface area contributed by atoms with Gasteiger partial charge in [0.15, 0.2) is 0 Å². The normalized spacial score (nSPS) is 23.6. The Morgan fingerprint density at radius 2 is 2.00 bits per heavy atom. The molecule has 0 radical (unpaired) electrons. The lowest BCUT2D eigenvalue weighted by atomic mass is 10.1. The van der Waals surface area contributed by atoms with E-state index < -0.39 is 11.5 Å². The first-order chi connectivity index (χ1) is 13.0. The van der Waals surface area contributed by atoms with E-state index in [-0.39, 0.29) is 11.8 Å². The van der Waals surface area contributed by atoms with Crippen molar-refractivity contribution in [1.82, 2.24) is 10.1 Å². The first-order valence-corrected chi connectivity index (χ1v) is 9.14. The summed E-state index contributed by atoms with van der Waals surface area (Å²) in [6, 6.07) is 13.1. The van der Waals surface area contributed by atoms with Gasteiger partial charge in [0.2, 0.25) is 11.7 Å². The van der Waals surface area contributed by atoms with Gasteiger partial charge in [-0.3, -0.25) is 9.69 Å². The van der Waals surface area contributed by atoms with E-state index in [2.05, 4.69) is 10.1 Å². The first-order valence-electron chi connectivity index (χ1n) is 8.70. The molecule has 0 spiro atoms. The number of nitrogens with zero attached hydrogens (tertiary/aromatic N) is 3. The summed E-state index contributed by atoms with van der Waals surface area (Å²) in [4.78, 5) is 18.8. The van der Waals surface area contributed by atoms with Crippen LogP contribution in [0.1, 0.15) is 34.7 Å². The van der Waals surface area contributed by atoms with Gasteiger partial charge in [0.1, 0.15) is 11.5 Å². The number of alkyl halides is 2. The number of carbonyl (C=O) groups excluding carboxylic acids is 1. The summed E-state index contributed by atoms with van der Waals surface area (Å²) < 4.78 is 18.4. The highest BCUT2D eigenvalue weighted by atomic mass is 35.5. The largest absolute Gasteiger partial charge is 0.339 e. The number of halogens is 2. The van der Waals surface area contributed by atoms with E-state index in [1.807, 2.05) is 49.4 Å². The Kier molecular flexibility index (Phi) is 3.59. The molecular weight excluding hydrogens is 369 g/mol. The summed E-state index contributed by atoms with van der Waals surface area (Å²) in [5, 5.41) is 3.26. The average molecular weight is 384 g/mol. The summed E-state index contributed by atoms with van der Waals surface area (Å²) in [5.41, 5.74) is 3.90. The Labute approximate surface area is 159 Å². The van der Waals surface area contributed by atoms with E-state index in [9.17, 15) is 9.18 Å². The van der Waals surface area contributed by atoms with Crippen molar-refractivity contribution in [3.63, 3.8) is 0 Å². The minimum absolute atomic E-state index is 0.190. The number of anilines is 2. The van der Waals surface area contributed by atoms with Crippen LogP contribution in [0, 0.1) is 6.92 Å². The molecule has 1 saturated carbocycles. The lowest BCUT2D eigenvalue weighted by Crippen LogP contribution is -2.22. The number of aryl methyl sites for hydroxylation is 1. The molecule has 5 nitrogen and oxygen atoms in total. The Morgan fingerprint density at radius 3 is 2.78 bits per heavy atom. The van der Waals surface area contributed by atoms with Gasteiger partial charge in [-0.05, 0) is 31.0 Å². The molecule has 1 amide bonds. The molecule has 1 fully saturated rings. The number of hydrogen-bond acceptors (Lipinski definition) is 4. The molecule has 136 valence electrons. The van der Waals surface area contributed by atoms with Crippen LogP contribution in [-0.4, -0.2) is 22.2 Å². The number of fused-ring (bicyclic) bond motifs is 1. The summed E-state index contributed by atoms with van der Waals surface area (Å²) >= 11 is 6.34. The predicted molar refractivity (Wildman–Crippen MR) is 98.9 cm³/mol. The molecule has 1 aromatic heterocycles. The van der Waals surface area contributed by atoms with Gasteiger partial charge in [0.25, 0.3) is 5.91 Å². The SMILES string of the molecule is Cc1ccc(-c2noc([C@H]3C[C@@H]3F)n2)cc1N1C(=O)C(Cl)c2ccccc21. The maximum absolute atomic E-state index is 13.2. The van der Waals surface area contributed by atoms with Crippen LogP contribution in [0.3, 0.4) is 0 Å². The molecule has 2 aromatic carbocycles. The zero-order chi connectivity index (χ0) is 18.7. The van der Waals surface area contributed by atoms with Gasteiger partial charge in [0.05, 0.1) is 17.3 Å². The molecule has 1 aliphatic heterocycles. The Morgan fingerprint density at radius 1 is 1.22 bits per heavy atom. The summed E-state index contributed by atoms with van der Waals surface area (Å²) in [6.07, 6.45) is -0.469. The third-order valence-corrected chi connectivity index (χ3v) is 5.49. The van der Waals surface area contributed by atoms with Crippen LogP contribution in [0.25, 0.3) is 11.4 Å². The fourth-order valence-electron chi connectivity index (χ4n) is 3.43. The van der Waals surface area contributed by atoms with Crippen LogP contribution in [0.2, 0.25) is 0 Å². The number of aromatic nitrogens is 2. The van der Waals surface area contributed by atoms with Crippen molar-refractivity contribution < 1.29 is 13.7 Å². The summed E-state index contributed by atoms with van der Waals surface area (Å²) in [6.45, 7) is 1.93. The second-order valence-corrected chi connectivity index (χ2v) is 7.35. The van der Waals surface area contributed by atoms with Crippen LogP contribution in [0.4, 0.5) is 15.8 Å². The van der Waals surface area contributed by atoms with Crippen LogP contribution in [0.15, 0.2) is 47.0 Å². The molecule has 5 rings (SSSR count). The van der Waals surface area contributed by atoms with Crippen LogP contribution >= 0.6 is 11.6 Å². The van der Waals surface area contributed by atoms with E-state index in [0.29, 0.717) is 29.4 Å². The number of para-hydroxylation sites is 1. The van der Waals surface area contributed by atoms with Crippen molar-refractivity contribution in [2.45, 2.75) is 30.8 Å². The van der Waals surface area contributed by atoms with Gasteiger partial charge in [-0.25, -0.2) is 4.39 Å². The fraction of sp³-hybridized carbons (Fsp3) is 0.250. The topological polar surface area (TPSA) is 59.2 Å². The molecular formula is C20H15ClFN3O2. The van der Waals surface area contributed by atoms with E-state index in [4.69, 9.17) is 16.1 Å². The van der Waals surface area contributed by atoms with Crippen molar-refractivity contribution in [2.24, 2.45) is 0 Å². The standard InChI is InChI=1S/C20H15ClFN3O2/c1-10-6-7-11(18-23-19(27-24-18)13-9-14(13)22)8-16(10)25-15-5-3-2-4-12(15)17(21)20(25)26/h2-8,13-14,17H,9H2,1H3/t13-,14-,17?/m0/s1. The molecule has 1 aliphatic carbocycles. The molecule has 7 heteroatoms. The van der Waals surface area contributed by atoms with Gasteiger partial charge in [-0.15, -0.1) is 11.6 Å². The molecule has 0 bridgehead atoms. The number of benzene rings is 2. The van der Waals surface area contributed by atoms with Gasteiger partial charge < -0.3 is 4.52 Å². The number of amides is 1. The molecule has 0 saturated heterocycles. The maximum Gasteiger partial charge on any atom is 0.254 e. The molecule has 27 heavy (non-hydrogen) atoms. The lowest BCUT2D eigenvalue weighted by Gasteiger charge is -2.20. The van der Waals surface area contributed by atoms with Crippen molar-refractivity contribution >= 4 is 28.9 Å². The minimum atomic E-state index is -0.897. The summed E-state index contributed by atoms with van der Waals surface area (Å²) in [7, 11) is 0. The number of hydrogen-bond donors (Lipinski definition) is 0. The van der Waals surface area contributed by atoms with Crippen LogP contribution in [-0.2, 0) is 4.79 Å². The highest BCUT2D eigenvalue weighted by Crippen LogP contribution is 2.46.